The van der Waals surface area contributed by atoms with Crippen LogP contribution in [0.15, 0.2) is 24.8 Å². The van der Waals surface area contributed by atoms with Gasteiger partial charge in [-0.3, -0.25) is 4.79 Å². The highest BCUT2D eigenvalue weighted by Crippen LogP contribution is 2.32. The van der Waals surface area contributed by atoms with Crippen LogP contribution in [0.25, 0.3) is 0 Å². The SMILES string of the molecule is Cc1nccn1CC(=O)NCc1cnc(C2(C)CCCCO2)nc1. The van der Waals surface area contributed by atoms with E-state index >= 15 is 0 Å². The van der Waals surface area contributed by atoms with Crippen molar-refractivity contribution in [1.82, 2.24) is 24.8 Å². The summed E-state index contributed by atoms with van der Waals surface area (Å²) in [6.45, 7) is 5.33. The van der Waals surface area contributed by atoms with E-state index in [1.807, 2.05) is 13.8 Å². The van der Waals surface area contributed by atoms with Crippen molar-refractivity contribution in [3.05, 3.63) is 42.0 Å². The first-order chi connectivity index (χ1) is 11.6. The number of hydrogen-bond acceptors (Lipinski definition) is 5. The quantitative estimate of drug-likeness (QED) is 0.903. The van der Waals surface area contributed by atoms with Crippen LogP contribution in [0.2, 0.25) is 0 Å². The Bertz CT molecular complexity index is 689. The molecule has 7 heteroatoms. The molecular formula is C17H23N5O2. The molecule has 0 saturated carbocycles. The minimum Gasteiger partial charge on any atom is -0.367 e. The molecule has 1 aliphatic rings. The van der Waals surface area contributed by atoms with E-state index in [9.17, 15) is 4.79 Å². The lowest BCUT2D eigenvalue weighted by Gasteiger charge is -2.32. The van der Waals surface area contributed by atoms with Crippen molar-refractivity contribution in [3.63, 3.8) is 0 Å². The maximum Gasteiger partial charge on any atom is 0.240 e. The smallest absolute Gasteiger partial charge is 0.240 e. The number of carbonyl (C=O) groups excluding carboxylic acids is 1. The molecule has 7 nitrogen and oxygen atoms in total. The van der Waals surface area contributed by atoms with Gasteiger partial charge >= 0.3 is 0 Å². The first-order valence-corrected chi connectivity index (χ1v) is 8.27. The number of nitrogens with one attached hydrogen (secondary N) is 1. The summed E-state index contributed by atoms with van der Waals surface area (Å²) >= 11 is 0. The van der Waals surface area contributed by atoms with Crippen LogP contribution < -0.4 is 5.32 Å². The normalized spacial score (nSPS) is 20.8. The Morgan fingerprint density at radius 3 is 2.75 bits per heavy atom. The number of aromatic nitrogens is 4. The molecule has 1 N–H and O–H groups in total. The Balaban J connectivity index is 1.54. The zero-order chi connectivity index (χ0) is 17.0. The van der Waals surface area contributed by atoms with E-state index in [-0.39, 0.29) is 18.1 Å². The molecule has 128 valence electrons. The van der Waals surface area contributed by atoms with E-state index in [0.29, 0.717) is 12.4 Å². The van der Waals surface area contributed by atoms with Crippen molar-refractivity contribution >= 4 is 5.91 Å². The summed E-state index contributed by atoms with van der Waals surface area (Å²) in [5.74, 6) is 1.47. The van der Waals surface area contributed by atoms with Gasteiger partial charge in [0.1, 0.15) is 18.0 Å². The fraction of sp³-hybridized carbons (Fsp3) is 0.529. The van der Waals surface area contributed by atoms with Gasteiger partial charge in [-0.15, -0.1) is 0 Å². The van der Waals surface area contributed by atoms with Crippen molar-refractivity contribution < 1.29 is 9.53 Å². The topological polar surface area (TPSA) is 81.9 Å². The molecule has 1 aliphatic heterocycles. The fourth-order valence-electron chi connectivity index (χ4n) is 2.81. The van der Waals surface area contributed by atoms with E-state index in [1.54, 1.807) is 29.4 Å². The van der Waals surface area contributed by atoms with Gasteiger partial charge in [0.2, 0.25) is 5.91 Å². The van der Waals surface area contributed by atoms with Crippen LogP contribution in [0, 0.1) is 6.92 Å². The Morgan fingerprint density at radius 2 is 2.12 bits per heavy atom. The molecule has 1 atom stereocenters. The van der Waals surface area contributed by atoms with Gasteiger partial charge in [0, 0.05) is 43.5 Å². The van der Waals surface area contributed by atoms with Crippen LogP contribution in [0.3, 0.4) is 0 Å². The Hall–Kier alpha value is -2.28. The van der Waals surface area contributed by atoms with Crippen LogP contribution in [0.4, 0.5) is 0 Å². The third kappa shape index (κ3) is 3.79. The summed E-state index contributed by atoms with van der Waals surface area (Å²) in [5.41, 5.74) is 0.479. The lowest BCUT2D eigenvalue weighted by atomic mass is 9.95. The molecule has 0 aliphatic carbocycles. The third-order valence-corrected chi connectivity index (χ3v) is 4.37. The Labute approximate surface area is 141 Å². The van der Waals surface area contributed by atoms with Gasteiger partial charge < -0.3 is 14.6 Å². The van der Waals surface area contributed by atoms with Crippen LogP contribution in [0.1, 0.15) is 43.4 Å². The molecule has 3 rings (SSSR count). The maximum atomic E-state index is 12.0. The number of rotatable bonds is 5. The molecule has 1 fully saturated rings. The van der Waals surface area contributed by atoms with Crippen molar-refractivity contribution in [1.29, 1.82) is 0 Å². The Morgan fingerprint density at radius 1 is 1.33 bits per heavy atom. The molecule has 2 aromatic heterocycles. The molecular weight excluding hydrogens is 306 g/mol. The van der Waals surface area contributed by atoms with E-state index in [4.69, 9.17) is 4.74 Å². The number of hydrogen-bond donors (Lipinski definition) is 1. The largest absolute Gasteiger partial charge is 0.367 e. The van der Waals surface area contributed by atoms with E-state index in [0.717, 1.165) is 37.3 Å². The molecule has 0 spiro atoms. The van der Waals surface area contributed by atoms with Crippen molar-refractivity contribution in [2.45, 2.75) is 51.8 Å². The van der Waals surface area contributed by atoms with Gasteiger partial charge in [-0.1, -0.05) is 0 Å². The number of ether oxygens (including phenoxy) is 1. The van der Waals surface area contributed by atoms with Crippen LogP contribution in [-0.4, -0.2) is 32.0 Å². The van der Waals surface area contributed by atoms with E-state index in [2.05, 4.69) is 20.3 Å². The molecule has 0 bridgehead atoms. The Kier molecular flexibility index (Phi) is 4.89. The number of imidazole rings is 1. The van der Waals surface area contributed by atoms with Crippen molar-refractivity contribution in [3.8, 4) is 0 Å². The second-order valence-corrected chi connectivity index (χ2v) is 6.33. The minimum atomic E-state index is -0.390. The summed E-state index contributed by atoms with van der Waals surface area (Å²) in [5, 5.41) is 2.87. The molecule has 1 unspecified atom stereocenters. The minimum absolute atomic E-state index is 0.0669. The van der Waals surface area contributed by atoms with Crippen LogP contribution in [0.5, 0.6) is 0 Å². The fourth-order valence-corrected chi connectivity index (χ4v) is 2.81. The van der Waals surface area contributed by atoms with Crippen molar-refractivity contribution in [2.24, 2.45) is 0 Å². The average Bonchev–Trinajstić information content (AvgIpc) is 2.99. The van der Waals surface area contributed by atoms with Crippen LogP contribution in [-0.2, 0) is 28.2 Å². The highest BCUT2D eigenvalue weighted by atomic mass is 16.5. The molecule has 0 radical (unpaired) electrons. The molecule has 0 aromatic carbocycles. The van der Waals surface area contributed by atoms with E-state index in [1.165, 1.54) is 0 Å². The maximum absolute atomic E-state index is 12.0. The second kappa shape index (κ2) is 7.09. The molecule has 2 aromatic rings. The molecule has 1 saturated heterocycles. The van der Waals surface area contributed by atoms with Gasteiger partial charge in [0.15, 0.2) is 5.82 Å². The zero-order valence-electron chi connectivity index (χ0n) is 14.2. The van der Waals surface area contributed by atoms with Crippen molar-refractivity contribution in [2.75, 3.05) is 6.61 Å². The number of nitrogens with zero attached hydrogens (tertiary/aromatic N) is 4. The van der Waals surface area contributed by atoms with Gasteiger partial charge in [0.25, 0.3) is 0 Å². The second-order valence-electron chi connectivity index (χ2n) is 6.33. The number of aryl methyl sites for hydroxylation is 1. The molecule has 1 amide bonds. The summed E-state index contributed by atoms with van der Waals surface area (Å²) in [6.07, 6.45) is 10.2. The number of carbonyl (C=O) groups is 1. The standard InChI is InChI=1S/C17H23N5O2/c1-13-18-6-7-22(13)12-15(23)19-9-14-10-20-16(21-11-14)17(2)5-3-4-8-24-17/h6-7,10-11H,3-5,8-9,12H2,1-2H3,(H,19,23). The van der Waals surface area contributed by atoms with E-state index < -0.39 is 0 Å². The monoisotopic (exact) mass is 329 g/mol. The summed E-state index contributed by atoms with van der Waals surface area (Å²) in [7, 11) is 0. The lowest BCUT2D eigenvalue weighted by Crippen LogP contribution is -2.32. The van der Waals surface area contributed by atoms with Gasteiger partial charge in [-0.25, -0.2) is 15.0 Å². The van der Waals surface area contributed by atoms with Gasteiger partial charge in [-0.05, 0) is 33.1 Å². The van der Waals surface area contributed by atoms with Gasteiger partial charge in [-0.2, -0.15) is 0 Å². The highest BCUT2D eigenvalue weighted by Gasteiger charge is 2.32. The lowest BCUT2D eigenvalue weighted by molar-refractivity contribution is -0.121. The number of amides is 1. The third-order valence-electron chi connectivity index (χ3n) is 4.37. The summed E-state index contributed by atoms with van der Waals surface area (Å²) in [4.78, 5) is 25.0. The summed E-state index contributed by atoms with van der Waals surface area (Å²) < 4.78 is 7.66. The highest BCUT2D eigenvalue weighted by molar-refractivity contribution is 5.75. The van der Waals surface area contributed by atoms with Gasteiger partial charge in [0.05, 0.1) is 0 Å². The van der Waals surface area contributed by atoms with Crippen LogP contribution >= 0.6 is 0 Å². The first-order valence-electron chi connectivity index (χ1n) is 8.27. The first kappa shape index (κ1) is 16.6. The summed E-state index contributed by atoms with van der Waals surface area (Å²) in [6, 6.07) is 0. The predicted octanol–water partition coefficient (Wildman–Crippen LogP) is 1.71. The molecule has 3 heterocycles. The molecule has 24 heavy (non-hydrogen) atoms. The average molecular weight is 329 g/mol. The predicted molar refractivity (Wildman–Crippen MR) is 88.0 cm³/mol. The zero-order valence-corrected chi connectivity index (χ0v) is 14.2.